The van der Waals surface area contributed by atoms with Gasteiger partial charge in [-0.3, -0.25) is 0 Å². The number of sulfone groups is 1. The molecule has 122 valence electrons. The third-order valence-electron chi connectivity index (χ3n) is 4.28. The van der Waals surface area contributed by atoms with Gasteiger partial charge in [0.2, 0.25) is 0 Å². The number of urea groups is 1. The highest BCUT2D eigenvalue weighted by atomic mass is 32.2. The van der Waals surface area contributed by atoms with E-state index in [1.165, 1.54) is 19.1 Å². The van der Waals surface area contributed by atoms with Crippen molar-refractivity contribution < 1.29 is 13.2 Å². The van der Waals surface area contributed by atoms with E-state index in [9.17, 15) is 13.2 Å². The van der Waals surface area contributed by atoms with E-state index in [2.05, 4.69) is 12.2 Å². The highest BCUT2D eigenvalue weighted by Gasteiger charge is 2.32. The Morgan fingerprint density at radius 3 is 2.41 bits per heavy atom. The highest BCUT2D eigenvalue weighted by Crippen LogP contribution is 2.34. The van der Waals surface area contributed by atoms with Crippen LogP contribution in [0.25, 0.3) is 0 Å². The summed E-state index contributed by atoms with van der Waals surface area (Å²) in [6.45, 7) is 2.62. The number of nitrogens with zero attached hydrogens (tertiary/aromatic N) is 1. The minimum atomic E-state index is -3.15. The molecule has 0 saturated heterocycles. The zero-order valence-corrected chi connectivity index (χ0v) is 14.2. The molecule has 1 aliphatic carbocycles. The van der Waals surface area contributed by atoms with Crippen LogP contribution in [0.1, 0.15) is 25.3 Å². The van der Waals surface area contributed by atoms with Gasteiger partial charge in [0.05, 0.1) is 4.90 Å². The van der Waals surface area contributed by atoms with Gasteiger partial charge < -0.3 is 10.2 Å². The number of nitrogens with one attached hydrogen (secondary N) is 1. The Labute approximate surface area is 132 Å². The van der Waals surface area contributed by atoms with E-state index in [1.807, 2.05) is 7.05 Å². The summed E-state index contributed by atoms with van der Waals surface area (Å²) in [6, 6.07) is 7.03. The van der Waals surface area contributed by atoms with Crippen molar-refractivity contribution in [3.63, 3.8) is 0 Å². The van der Waals surface area contributed by atoms with Gasteiger partial charge in [0.1, 0.15) is 0 Å². The first-order valence-corrected chi connectivity index (χ1v) is 9.48. The molecule has 0 aliphatic heterocycles. The molecule has 2 amide bonds. The summed E-state index contributed by atoms with van der Waals surface area (Å²) in [5, 5.41) is 2.91. The molecule has 0 heterocycles. The summed E-state index contributed by atoms with van der Waals surface area (Å²) in [6.07, 6.45) is 4.30. The normalized spacial score (nSPS) is 16.1. The molecule has 1 aromatic carbocycles. The highest BCUT2D eigenvalue weighted by molar-refractivity contribution is 7.90. The van der Waals surface area contributed by atoms with Crippen LogP contribution < -0.4 is 5.32 Å². The summed E-state index contributed by atoms with van der Waals surface area (Å²) in [5.74, 6) is 0.652. The van der Waals surface area contributed by atoms with Crippen LogP contribution in [0.15, 0.2) is 29.2 Å². The van der Waals surface area contributed by atoms with Crippen LogP contribution >= 0.6 is 0 Å². The number of amides is 2. The monoisotopic (exact) mass is 324 g/mol. The molecule has 1 aromatic rings. The first kappa shape index (κ1) is 16.8. The average molecular weight is 324 g/mol. The minimum Gasteiger partial charge on any atom is -0.338 e. The zero-order chi connectivity index (χ0) is 16.3. The Morgan fingerprint density at radius 2 is 1.91 bits per heavy atom. The van der Waals surface area contributed by atoms with Crippen LogP contribution in [0.4, 0.5) is 4.79 Å². The molecule has 1 saturated carbocycles. The van der Waals surface area contributed by atoms with Gasteiger partial charge in [0.15, 0.2) is 9.84 Å². The van der Waals surface area contributed by atoms with Crippen molar-refractivity contribution in [3.8, 4) is 0 Å². The molecule has 0 bridgehead atoms. The first-order chi connectivity index (χ1) is 10.3. The molecule has 2 rings (SSSR count). The second-order valence-electron chi connectivity index (χ2n) is 6.09. The van der Waals surface area contributed by atoms with Gasteiger partial charge >= 0.3 is 6.03 Å². The van der Waals surface area contributed by atoms with Gasteiger partial charge in [0, 0.05) is 25.9 Å². The third kappa shape index (κ3) is 4.47. The largest absolute Gasteiger partial charge is 0.338 e. The fourth-order valence-electron chi connectivity index (χ4n) is 2.42. The fourth-order valence-corrected chi connectivity index (χ4v) is 3.05. The van der Waals surface area contributed by atoms with Crippen molar-refractivity contribution in [1.29, 1.82) is 0 Å². The van der Waals surface area contributed by atoms with Crippen LogP contribution in [0.3, 0.4) is 0 Å². The third-order valence-corrected chi connectivity index (χ3v) is 5.41. The molecule has 0 aromatic heterocycles. The van der Waals surface area contributed by atoms with E-state index in [-0.39, 0.29) is 12.1 Å². The number of carbonyl (C=O) groups excluding carboxylic acids is 1. The number of carbonyl (C=O) groups is 1. The Bertz CT molecular complexity index is 621. The van der Waals surface area contributed by atoms with Crippen molar-refractivity contribution in [2.45, 2.75) is 37.1 Å². The average Bonchev–Trinajstić information content (AvgIpc) is 3.29. The van der Waals surface area contributed by atoms with Crippen LogP contribution in [0, 0.1) is 5.92 Å². The van der Waals surface area contributed by atoms with Crippen molar-refractivity contribution >= 4 is 15.9 Å². The first-order valence-electron chi connectivity index (χ1n) is 7.58. The summed E-state index contributed by atoms with van der Waals surface area (Å²) < 4.78 is 22.8. The summed E-state index contributed by atoms with van der Waals surface area (Å²) in [4.78, 5) is 14.1. The molecule has 1 atom stereocenters. The summed E-state index contributed by atoms with van der Waals surface area (Å²) in [5.41, 5.74) is 1.01. The topological polar surface area (TPSA) is 66.5 Å². The predicted octanol–water partition coefficient (Wildman–Crippen LogP) is 2.07. The lowest BCUT2D eigenvalue weighted by Gasteiger charge is -2.25. The maximum absolute atomic E-state index is 12.0. The molecule has 0 spiro atoms. The lowest BCUT2D eigenvalue weighted by Crippen LogP contribution is -2.43. The van der Waals surface area contributed by atoms with Gasteiger partial charge in [-0.25, -0.2) is 13.2 Å². The van der Waals surface area contributed by atoms with Crippen LogP contribution in [-0.4, -0.2) is 45.2 Å². The molecule has 1 N–H and O–H groups in total. The Hall–Kier alpha value is -1.56. The molecule has 0 unspecified atom stereocenters. The Balaban J connectivity index is 1.79. The van der Waals surface area contributed by atoms with E-state index < -0.39 is 9.84 Å². The van der Waals surface area contributed by atoms with E-state index >= 15 is 0 Å². The molecule has 1 aliphatic rings. The maximum Gasteiger partial charge on any atom is 0.317 e. The lowest BCUT2D eigenvalue weighted by molar-refractivity contribution is 0.188. The number of benzene rings is 1. The second-order valence-corrected chi connectivity index (χ2v) is 8.10. The quantitative estimate of drug-likeness (QED) is 0.871. The van der Waals surface area contributed by atoms with Crippen molar-refractivity contribution in [2.24, 2.45) is 5.92 Å². The summed E-state index contributed by atoms with van der Waals surface area (Å²) in [7, 11) is -1.32. The molecule has 5 nitrogen and oxygen atoms in total. The molecular weight excluding hydrogens is 300 g/mol. The van der Waals surface area contributed by atoms with Crippen LogP contribution in [0.5, 0.6) is 0 Å². The van der Waals surface area contributed by atoms with E-state index in [4.69, 9.17) is 0 Å². The van der Waals surface area contributed by atoms with Crippen molar-refractivity contribution in [1.82, 2.24) is 10.2 Å². The maximum atomic E-state index is 12.0. The van der Waals surface area contributed by atoms with Crippen LogP contribution in [0.2, 0.25) is 0 Å². The lowest BCUT2D eigenvalue weighted by atomic mass is 10.1. The molecular formula is C16H24N2O3S. The van der Waals surface area contributed by atoms with E-state index in [1.54, 1.807) is 29.2 Å². The SMILES string of the molecule is C[C@H](C1CC1)N(C)C(=O)NCCc1ccc(S(C)(=O)=O)cc1. The van der Waals surface area contributed by atoms with Crippen molar-refractivity contribution in [2.75, 3.05) is 19.8 Å². The number of rotatable bonds is 6. The second kappa shape index (κ2) is 6.69. The molecule has 1 fully saturated rings. The minimum absolute atomic E-state index is 0.0489. The summed E-state index contributed by atoms with van der Waals surface area (Å²) >= 11 is 0. The van der Waals surface area contributed by atoms with E-state index in [0.717, 1.165) is 5.56 Å². The van der Waals surface area contributed by atoms with E-state index in [0.29, 0.717) is 23.8 Å². The standard InChI is InChI=1S/C16H24N2O3S/c1-12(14-6-7-14)18(2)16(19)17-11-10-13-4-8-15(9-5-13)22(3,20)21/h4-5,8-9,12,14H,6-7,10-11H2,1-3H3,(H,17,19)/t12-/m1/s1. The zero-order valence-electron chi connectivity index (χ0n) is 13.4. The molecule has 0 radical (unpaired) electrons. The number of hydrogen-bond donors (Lipinski definition) is 1. The molecule has 22 heavy (non-hydrogen) atoms. The van der Waals surface area contributed by atoms with Gasteiger partial charge in [-0.2, -0.15) is 0 Å². The Morgan fingerprint density at radius 1 is 1.32 bits per heavy atom. The van der Waals surface area contributed by atoms with Crippen molar-refractivity contribution in [3.05, 3.63) is 29.8 Å². The van der Waals surface area contributed by atoms with Crippen LogP contribution in [-0.2, 0) is 16.3 Å². The van der Waals surface area contributed by atoms with Gasteiger partial charge in [0.25, 0.3) is 0 Å². The van der Waals surface area contributed by atoms with Gasteiger partial charge in [-0.15, -0.1) is 0 Å². The molecule has 6 heteroatoms. The number of hydrogen-bond acceptors (Lipinski definition) is 3. The van der Waals surface area contributed by atoms with Gasteiger partial charge in [-0.1, -0.05) is 12.1 Å². The predicted molar refractivity (Wildman–Crippen MR) is 86.6 cm³/mol. The smallest absolute Gasteiger partial charge is 0.317 e. The van der Waals surface area contributed by atoms with Gasteiger partial charge in [-0.05, 0) is 49.8 Å². The fraction of sp³-hybridized carbons (Fsp3) is 0.562. The Kier molecular flexibility index (Phi) is 5.11.